The smallest absolute Gasteiger partial charge is 0.360 e. The van der Waals surface area contributed by atoms with E-state index in [0.717, 1.165) is 12.8 Å². The summed E-state index contributed by atoms with van der Waals surface area (Å²) in [5.74, 6) is 0.737. The van der Waals surface area contributed by atoms with Gasteiger partial charge in [0.2, 0.25) is 16.8 Å². The molecule has 26 heavy (non-hydrogen) atoms. The number of fused-ring (bicyclic) bond motifs is 1. The van der Waals surface area contributed by atoms with Crippen molar-refractivity contribution in [2.45, 2.75) is 17.7 Å². The van der Waals surface area contributed by atoms with Gasteiger partial charge >= 0.3 is 5.97 Å². The molecule has 1 aromatic heterocycles. The quantitative estimate of drug-likeness (QED) is 0.595. The number of hydrogen-bond donors (Lipinski definition) is 0. The summed E-state index contributed by atoms with van der Waals surface area (Å²) in [6.07, 6.45) is 3.14. The second-order valence-electron chi connectivity index (χ2n) is 6.19. The molecule has 8 nitrogen and oxygen atoms in total. The van der Waals surface area contributed by atoms with Gasteiger partial charge in [0.15, 0.2) is 11.5 Å². The molecule has 2 aliphatic rings. The summed E-state index contributed by atoms with van der Waals surface area (Å²) in [7, 11) is -1.98. The molecule has 0 unspecified atom stereocenters. The molecule has 0 bridgehead atoms. The first-order chi connectivity index (χ1) is 12.4. The topological polar surface area (TPSA) is 87.1 Å². The van der Waals surface area contributed by atoms with Crippen LogP contribution in [0, 0.1) is 0 Å². The number of benzene rings is 1. The molecule has 0 amide bonds. The van der Waals surface area contributed by atoms with Gasteiger partial charge in [-0.3, -0.25) is 0 Å². The second-order valence-corrected chi connectivity index (χ2v) is 8.13. The van der Waals surface area contributed by atoms with Gasteiger partial charge in [0.05, 0.1) is 0 Å². The number of esters is 1. The predicted octanol–water partition coefficient (Wildman–Crippen LogP) is 1.76. The van der Waals surface area contributed by atoms with Crippen LogP contribution in [-0.2, 0) is 17.1 Å². The molecule has 0 saturated carbocycles. The maximum atomic E-state index is 12.6. The number of ether oxygens (including phenoxy) is 3. The number of carbonyl (C=O) groups is 1. The monoisotopic (exact) mass is 378 g/mol. The van der Waals surface area contributed by atoms with Crippen LogP contribution in [0.5, 0.6) is 17.2 Å². The minimum atomic E-state index is -3.59. The molecule has 2 aliphatic heterocycles. The third-order valence-electron chi connectivity index (χ3n) is 4.45. The van der Waals surface area contributed by atoms with Crippen molar-refractivity contribution in [1.82, 2.24) is 8.87 Å². The maximum Gasteiger partial charge on any atom is 0.360 e. The number of sulfonamides is 1. The minimum absolute atomic E-state index is 0.0968. The summed E-state index contributed by atoms with van der Waals surface area (Å²) in [6, 6.07) is 6.16. The second kappa shape index (κ2) is 6.33. The van der Waals surface area contributed by atoms with Crippen LogP contribution in [0.2, 0.25) is 0 Å². The highest BCUT2D eigenvalue weighted by molar-refractivity contribution is 7.89. The van der Waals surface area contributed by atoms with Gasteiger partial charge in [-0.15, -0.1) is 0 Å². The molecule has 0 spiro atoms. The first kappa shape index (κ1) is 16.9. The number of aromatic nitrogens is 1. The van der Waals surface area contributed by atoms with Crippen molar-refractivity contribution in [2.24, 2.45) is 7.05 Å². The Hall–Kier alpha value is -2.52. The fourth-order valence-electron chi connectivity index (χ4n) is 3.06. The number of nitrogens with zero attached hydrogens (tertiary/aromatic N) is 2. The predicted molar refractivity (Wildman–Crippen MR) is 90.9 cm³/mol. The summed E-state index contributed by atoms with van der Waals surface area (Å²) in [6.45, 7) is 1.14. The van der Waals surface area contributed by atoms with Gasteiger partial charge in [-0.2, -0.15) is 4.31 Å². The van der Waals surface area contributed by atoms with Crippen molar-refractivity contribution in [3.8, 4) is 17.2 Å². The zero-order chi connectivity index (χ0) is 18.3. The van der Waals surface area contributed by atoms with Crippen LogP contribution in [0.1, 0.15) is 23.3 Å². The Morgan fingerprint density at radius 1 is 1.12 bits per heavy atom. The average molecular weight is 378 g/mol. The van der Waals surface area contributed by atoms with Crippen LogP contribution < -0.4 is 14.2 Å². The zero-order valence-corrected chi connectivity index (χ0v) is 15.0. The molecule has 0 atom stereocenters. The van der Waals surface area contributed by atoms with Crippen LogP contribution in [-0.4, -0.2) is 43.1 Å². The van der Waals surface area contributed by atoms with Crippen LogP contribution in [0.15, 0.2) is 35.4 Å². The molecule has 2 aromatic rings. The van der Waals surface area contributed by atoms with Crippen molar-refractivity contribution in [2.75, 3.05) is 19.9 Å². The van der Waals surface area contributed by atoms with Crippen molar-refractivity contribution >= 4 is 16.0 Å². The van der Waals surface area contributed by atoms with Crippen LogP contribution >= 0.6 is 0 Å². The van der Waals surface area contributed by atoms with E-state index >= 15 is 0 Å². The van der Waals surface area contributed by atoms with Crippen molar-refractivity contribution in [3.63, 3.8) is 0 Å². The van der Waals surface area contributed by atoms with Crippen molar-refractivity contribution in [1.29, 1.82) is 0 Å². The Morgan fingerprint density at radius 3 is 2.62 bits per heavy atom. The Kier molecular flexibility index (Phi) is 4.12. The van der Waals surface area contributed by atoms with Gasteiger partial charge in [0, 0.05) is 32.4 Å². The van der Waals surface area contributed by atoms with Crippen LogP contribution in [0.25, 0.3) is 0 Å². The van der Waals surface area contributed by atoms with Crippen molar-refractivity contribution < 1.29 is 27.4 Å². The summed E-state index contributed by atoms with van der Waals surface area (Å²) >= 11 is 0. The molecule has 138 valence electrons. The molecule has 0 aliphatic carbocycles. The van der Waals surface area contributed by atoms with E-state index < -0.39 is 16.0 Å². The summed E-state index contributed by atoms with van der Waals surface area (Å²) in [5, 5.41) is 0. The lowest BCUT2D eigenvalue weighted by molar-refractivity contribution is 0.0724. The zero-order valence-electron chi connectivity index (χ0n) is 14.2. The van der Waals surface area contributed by atoms with E-state index in [0.29, 0.717) is 30.3 Å². The standard InChI is InChI=1S/C17H18N2O6S/c1-18-10-13(26(21,22)19-6-2-3-7-19)9-14(18)17(20)25-12-4-5-15-16(8-12)24-11-23-15/h4-5,8-10H,2-3,6-7,11H2,1H3. The third kappa shape index (κ3) is 2.93. The molecule has 0 N–H and O–H groups in total. The summed E-state index contributed by atoms with van der Waals surface area (Å²) in [4.78, 5) is 12.6. The number of carbonyl (C=O) groups excluding carboxylic acids is 1. The van der Waals surface area contributed by atoms with Crippen LogP contribution in [0.3, 0.4) is 0 Å². The van der Waals surface area contributed by atoms with E-state index in [1.807, 2.05) is 0 Å². The van der Waals surface area contributed by atoms with Gasteiger partial charge in [0.1, 0.15) is 16.3 Å². The van der Waals surface area contributed by atoms with E-state index in [9.17, 15) is 13.2 Å². The number of rotatable bonds is 4. The summed E-state index contributed by atoms with van der Waals surface area (Å²) in [5.41, 5.74) is 0.153. The Morgan fingerprint density at radius 2 is 1.85 bits per heavy atom. The van der Waals surface area contributed by atoms with Gasteiger partial charge in [-0.25, -0.2) is 13.2 Å². The van der Waals surface area contributed by atoms with E-state index in [1.54, 1.807) is 25.2 Å². The lowest BCUT2D eigenvalue weighted by Crippen LogP contribution is -2.27. The van der Waals surface area contributed by atoms with Gasteiger partial charge in [-0.05, 0) is 31.0 Å². The average Bonchev–Trinajstić information content (AvgIpc) is 3.34. The van der Waals surface area contributed by atoms with Crippen LogP contribution in [0.4, 0.5) is 0 Å². The van der Waals surface area contributed by atoms with E-state index in [2.05, 4.69) is 0 Å². The molecule has 9 heteroatoms. The van der Waals surface area contributed by atoms with E-state index in [4.69, 9.17) is 14.2 Å². The molecule has 1 saturated heterocycles. The molecule has 3 heterocycles. The minimum Gasteiger partial charge on any atom is -0.454 e. The highest BCUT2D eigenvalue weighted by atomic mass is 32.2. The fraction of sp³-hybridized carbons (Fsp3) is 0.353. The SMILES string of the molecule is Cn1cc(S(=O)(=O)N2CCCC2)cc1C(=O)Oc1ccc2c(c1)OCO2. The third-order valence-corrected chi connectivity index (χ3v) is 6.31. The largest absolute Gasteiger partial charge is 0.454 e. The number of aryl methyl sites for hydroxylation is 1. The normalized spacial score (nSPS) is 16.8. The molecular formula is C17H18N2O6S. The molecule has 4 rings (SSSR count). The van der Waals surface area contributed by atoms with E-state index in [1.165, 1.54) is 21.1 Å². The Balaban J connectivity index is 1.56. The molecular weight excluding hydrogens is 360 g/mol. The van der Waals surface area contributed by atoms with Gasteiger partial charge in [0.25, 0.3) is 0 Å². The first-order valence-electron chi connectivity index (χ1n) is 8.23. The highest BCUT2D eigenvalue weighted by Gasteiger charge is 2.30. The lowest BCUT2D eigenvalue weighted by atomic mass is 10.3. The van der Waals surface area contributed by atoms with Gasteiger partial charge in [-0.1, -0.05) is 0 Å². The highest BCUT2D eigenvalue weighted by Crippen LogP contribution is 2.35. The van der Waals surface area contributed by atoms with Gasteiger partial charge < -0.3 is 18.8 Å². The lowest BCUT2D eigenvalue weighted by Gasteiger charge is -2.13. The fourth-order valence-corrected chi connectivity index (χ4v) is 4.64. The first-order valence-corrected chi connectivity index (χ1v) is 9.67. The van der Waals surface area contributed by atoms with Crippen molar-refractivity contribution in [3.05, 3.63) is 36.2 Å². The Labute approximate surface area is 150 Å². The molecule has 0 radical (unpaired) electrons. The van der Waals surface area contributed by atoms with E-state index in [-0.39, 0.29) is 17.4 Å². The molecule has 1 aromatic carbocycles. The summed E-state index contributed by atoms with van der Waals surface area (Å²) < 4.78 is 44.0. The maximum absolute atomic E-state index is 12.6. The number of hydrogen-bond acceptors (Lipinski definition) is 6. The Bertz CT molecular complexity index is 960. The molecule has 1 fully saturated rings.